The minimum Gasteiger partial charge on any atom is -0.338 e. The minimum absolute atomic E-state index is 0.104. The number of rotatable bonds is 3. The van der Waals surface area contributed by atoms with Crippen molar-refractivity contribution in [2.45, 2.75) is 25.7 Å². The van der Waals surface area contributed by atoms with Gasteiger partial charge in [0.25, 0.3) is 5.91 Å². The second-order valence-corrected chi connectivity index (χ2v) is 8.49. The summed E-state index contributed by atoms with van der Waals surface area (Å²) in [6.45, 7) is 4.60. The van der Waals surface area contributed by atoms with Crippen molar-refractivity contribution in [3.8, 4) is 0 Å². The number of carbonyl (C=O) groups excluding carboxylic acids is 2. The lowest BCUT2D eigenvalue weighted by molar-refractivity contribution is -0.113. The summed E-state index contributed by atoms with van der Waals surface area (Å²) in [4.78, 5) is 27.5. The molecule has 1 aliphatic rings. The molecule has 7 nitrogen and oxygen atoms in total. The summed E-state index contributed by atoms with van der Waals surface area (Å²) in [6.07, 6.45) is 4.77. The summed E-state index contributed by atoms with van der Waals surface area (Å²) in [5, 5.41) is 0. The predicted molar refractivity (Wildman–Crippen MR) is 106 cm³/mol. The Morgan fingerprint density at radius 1 is 1.11 bits per heavy atom. The van der Waals surface area contributed by atoms with Gasteiger partial charge < -0.3 is 9.80 Å². The molecule has 1 aromatic rings. The lowest BCUT2D eigenvalue weighted by atomic mass is 10.1. The van der Waals surface area contributed by atoms with Crippen LogP contribution in [0.5, 0.6) is 0 Å². The molecule has 0 saturated carbocycles. The molecule has 0 aliphatic carbocycles. The number of nitrogens with zero attached hydrogens (tertiary/aromatic N) is 2. The molecule has 1 aliphatic heterocycles. The molecular formula is C19H27N3O4S. The van der Waals surface area contributed by atoms with E-state index in [0.717, 1.165) is 25.7 Å². The molecule has 1 heterocycles. The Labute approximate surface area is 161 Å². The van der Waals surface area contributed by atoms with Gasteiger partial charge in [-0.05, 0) is 43.2 Å². The summed E-state index contributed by atoms with van der Waals surface area (Å²) in [5.74, 6) is -0.541. The molecule has 0 aromatic heterocycles. The van der Waals surface area contributed by atoms with Crippen molar-refractivity contribution in [1.82, 2.24) is 9.62 Å². The number of anilines is 1. The van der Waals surface area contributed by atoms with Gasteiger partial charge in [0.2, 0.25) is 15.9 Å². The number of likely N-dealkylation sites (N-methyl/N-ethyl adjacent to an activating group) is 1. The Morgan fingerprint density at radius 2 is 1.78 bits per heavy atom. The van der Waals surface area contributed by atoms with Crippen molar-refractivity contribution in [2.75, 3.05) is 37.3 Å². The minimum atomic E-state index is -3.37. The molecule has 0 spiro atoms. The van der Waals surface area contributed by atoms with Gasteiger partial charge in [-0.15, -0.1) is 0 Å². The number of hydrogen-bond acceptors (Lipinski definition) is 4. The molecule has 1 saturated heterocycles. The average molecular weight is 394 g/mol. The molecule has 27 heavy (non-hydrogen) atoms. The zero-order chi connectivity index (χ0) is 19.9. The van der Waals surface area contributed by atoms with Crippen molar-refractivity contribution in [2.24, 2.45) is 0 Å². The zero-order valence-electron chi connectivity index (χ0n) is 15.7. The Balaban J connectivity index is 2.12. The Bertz CT molecular complexity index is 775. The molecular weight excluding hydrogens is 366 g/mol. The van der Waals surface area contributed by atoms with E-state index < -0.39 is 10.0 Å². The van der Waals surface area contributed by atoms with E-state index in [4.69, 9.17) is 0 Å². The van der Waals surface area contributed by atoms with Crippen LogP contribution in [0.15, 0.2) is 36.9 Å². The number of sulfonamides is 1. The van der Waals surface area contributed by atoms with E-state index >= 15 is 0 Å². The lowest BCUT2D eigenvalue weighted by Gasteiger charge is -2.23. The van der Waals surface area contributed by atoms with Crippen LogP contribution >= 0.6 is 0 Å². The number of nitrogens with one attached hydrogen (secondary N) is 1. The quantitative estimate of drug-likeness (QED) is 0.793. The first kappa shape index (κ1) is 21.1. The van der Waals surface area contributed by atoms with Crippen LogP contribution in [0.3, 0.4) is 0 Å². The standard InChI is InChI=1S/C19H27N3O4S/c1-3-18(23)21(2)17-10-8-16(9-11-17)19(24)22-13-7-5-4-6-12-20-27(25,26)15-14-22/h3,8-11,20H,1,4-7,12-15H2,2H3. The maximum Gasteiger partial charge on any atom is 0.253 e. The third-order valence-corrected chi connectivity index (χ3v) is 5.96. The molecule has 148 valence electrons. The van der Waals surface area contributed by atoms with Gasteiger partial charge in [0, 0.05) is 37.9 Å². The Kier molecular flexibility index (Phi) is 7.55. The highest BCUT2D eigenvalue weighted by molar-refractivity contribution is 7.89. The van der Waals surface area contributed by atoms with Gasteiger partial charge >= 0.3 is 0 Å². The van der Waals surface area contributed by atoms with Crippen molar-refractivity contribution in [3.63, 3.8) is 0 Å². The average Bonchev–Trinajstić information content (AvgIpc) is 2.71. The van der Waals surface area contributed by atoms with Gasteiger partial charge in [-0.25, -0.2) is 13.1 Å². The summed E-state index contributed by atoms with van der Waals surface area (Å²) in [5.41, 5.74) is 1.12. The molecule has 2 rings (SSSR count). The van der Waals surface area contributed by atoms with Gasteiger partial charge in [0.1, 0.15) is 0 Å². The van der Waals surface area contributed by atoms with Crippen LogP contribution < -0.4 is 9.62 Å². The van der Waals surface area contributed by atoms with E-state index in [0.29, 0.717) is 24.3 Å². The third-order valence-electron chi connectivity index (χ3n) is 4.60. The third kappa shape index (κ3) is 6.18. The maximum atomic E-state index is 12.8. The molecule has 0 atom stereocenters. The van der Waals surface area contributed by atoms with E-state index in [-0.39, 0.29) is 24.1 Å². The lowest BCUT2D eigenvalue weighted by Crippen LogP contribution is -2.38. The number of hydrogen-bond donors (Lipinski definition) is 1. The highest BCUT2D eigenvalue weighted by Crippen LogP contribution is 2.16. The molecule has 0 unspecified atom stereocenters. The number of carbonyl (C=O) groups is 2. The van der Waals surface area contributed by atoms with Crippen LogP contribution in [0.2, 0.25) is 0 Å². The van der Waals surface area contributed by atoms with Crippen molar-refractivity contribution in [3.05, 3.63) is 42.5 Å². The van der Waals surface area contributed by atoms with E-state index in [9.17, 15) is 18.0 Å². The predicted octanol–water partition coefficient (Wildman–Crippen LogP) is 1.77. The highest BCUT2D eigenvalue weighted by Gasteiger charge is 2.20. The van der Waals surface area contributed by atoms with Gasteiger partial charge in [-0.1, -0.05) is 19.4 Å². The normalized spacial score (nSPS) is 18.2. The van der Waals surface area contributed by atoms with Gasteiger partial charge in [-0.3, -0.25) is 9.59 Å². The highest BCUT2D eigenvalue weighted by atomic mass is 32.2. The van der Waals surface area contributed by atoms with Crippen molar-refractivity contribution < 1.29 is 18.0 Å². The summed E-state index contributed by atoms with van der Waals surface area (Å²) >= 11 is 0. The monoisotopic (exact) mass is 393 g/mol. The molecule has 2 amide bonds. The maximum absolute atomic E-state index is 12.8. The fraction of sp³-hybridized carbons (Fsp3) is 0.474. The van der Waals surface area contributed by atoms with Crippen LogP contribution in [0.25, 0.3) is 0 Å². The molecule has 0 bridgehead atoms. The first-order valence-corrected chi connectivity index (χ1v) is 10.8. The fourth-order valence-electron chi connectivity index (χ4n) is 2.90. The Morgan fingerprint density at radius 3 is 2.44 bits per heavy atom. The first-order valence-electron chi connectivity index (χ1n) is 9.11. The molecule has 1 fully saturated rings. The second kappa shape index (κ2) is 9.66. The van der Waals surface area contributed by atoms with Gasteiger partial charge in [0.15, 0.2) is 0 Å². The number of benzene rings is 1. The number of amides is 2. The van der Waals surface area contributed by atoms with Gasteiger partial charge in [0.05, 0.1) is 5.75 Å². The van der Waals surface area contributed by atoms with E-state index in [2.05, 4.69) is 11.3 Å². The van der Waals surface area contributed by atoms with Crippen LogP contribution in [0, 0.1) is 0 Å². The SMILES string of the molecule is C=CC(=O)N(C)c1ccc(C(=O)N2CCCCCCNS(=O)(=O)CC2)cc1. The Hall–Kier alpha value is -2.19. The van der Waals surface area contributed by atoms with Crippen LogP contribution in [0.4, 0.5) is 5.69 Å². The second-order valence-electron chi connectivity index (χ2n) is 6.57. The summed E-state index contributed by atoms with van der Waals surface area (Å²) in [6, 6.07) is 6.70. The first-order chi connectivity index (χ1) is 12.8. The zero-order valence-corrected chi connectivity index (χ0v) is 16.5. The van der Waals surface area contributed by atoms with Crippen LogP contribution in [0.1, 0.15) is 36.0 Å². The van der Waals surface area contributed by atoms with E-state index in [1.54, 1.807) is 36.2 Å². The topological polar surface area (TPSA) is 86.8 Å². The molecule has 1 N–H and O–H groups in total. The van der Waals surface area contributed by atoms with Gasteiger partial charge in [-0.2, -0.15) is 0 Å². The molecule has 1 aromatic carbocycles. The fourth-order valence-corrected chi connectivity index (χ4v) is 3.96. The smallest absolute Gasteiger partial charge is 0.253 e. The summed E-state index contributed by atoms with van der Waals surface area (Å²) < 4.78 is 26.6. The molecule has 0 radical (unpaired) electrons. The van der Waals surface area contributed by atoms with Crippen molar-refractivity contribution >= 4 is 27.5 Å². The largest absolute Gasteiger partial charge is 0.338 e. The van der Waals surface area contributed by atoms with Crippen molar-refractivity contribution in [1.29, 1.82) is 0 Å². The van der Waals surface area contributed by atoms with Crippen LogP contribution in [-0.4, -0.2) is 57.6 Å². The van der Waals surface area contributed by atoms with E-state index in [1.807, 2.05) is 0 Å². The van der Waals surface area contributed by atoms with E-state index in [1.165, 1.54) is 11.0 Å². The summed E-state index contributed by atoms with van der Waals surface area (Å²) in [7, 11) is -1.74. The van der Waals surface area contributed by atoms with Crippen LogP contribution in [-0.2, 0) is 14.8 Å². The molecule has 8 heteroatoms.